The third kappa shape index (κ3) is 6.93. The van der Waals surface area contributed by atoms with Crippen LogP contribution in [0.4, 0.5) is 0 Å². The van der Waals surface area contributed by atoms with Gasteiger partial charge in [-0.05, 0) is 12.8 Å². The molecule has 0 rings (SSSR count). The Morgan fingerprint density at radius 1 is 1.40 bits per heavy atom. The van der Waals surface area contributed by atoms with E-state index in [1.54, 1.807) is 0 Å². The fourth-order valence-electron chi connectivity index (χ4n) is 0.777. The third-order valence-electron chi connectivity index (χ3n) is 1.50. The molecule has 0 saturated carbocycles. The first-order valence-electron chi connectivity index (χ1n) is 5.05. The summed E-state index contributed by atoms with van der Waals surface area (Å²) < 4.78 is 9.67. The first-order valence-corrected chi connectivity index (χ1v) is 5.05. The predicted molar refractivity (Wildman–Crippen MR) is 55.8 cm³/mol. The standard InChI is InChI=1S/C10H19NO4/c1-3-5-14-9(12)7-8(11)10(13)15-6-4-2/h7,10,13H,3-6,11H2,1-2H3/b8-7-. The second kappa shape index (κ2) is 8.26. The number of esters is 1. The van der Waals surface area contributed by atoms with E-state index in [1.807, 2.05) is 13.8 Å². The van der Waals surface area contributed by atoms with Crippen LogP contribution in [0.1, 0.15) is 26.7 Å². The summed E-state index contributed by atoms with van der Waals surface area (Å²) in [6, 6.07) is 0. The van der Waals surface area contributed by atoms with Gasteiger partial charge in [0.2, 0.25) is 0 Å². The number of carbonyl (C=O) groups excluding carboxylic acids is 1. The van der Waals surface area contributed by atoms with Crippen molar-refractivity contribution in [3.05, 3.63) is 11.8 Å². The van der Waals surface area contributed by atoms with Gasteiger partial charge in [-0.1, -0.05) is 13.8 Å². The molecule has 88 valence electrons. The van der Waals surface area contributed by atoms with Crippen LogP contribution in [0.25, 0.3) is 0 Å². The Hall–Kier alpha value is -1.07. The molecule has 15 heavy (non-hydrogen) atoms. The topological polar surface area (TPSA) is 81.8 Å². The first kappa shape index (κ1) is 13.9. The number of rotatable bonds is 7. The van der Waals surface area contributed by atoms with E-state index in [0.717, 1.165) is 18.9 Å². The predicted octanol–water partition coefficient (Wildman–Crippen LogP) is 0.527. The maximum absolute atomic E-state index is 11.0. The molecule has 0 amide bonds. The first-order chi connectivity index (χ1) is 7.11. The lowest BCUT2D eigenvalue weighted by Gasteiger charge is -2.11. The monoisotopic (exact) mass is 217 g/mol. The van der Waals surface area contributed by atoms with Crippen molar-refractivity contribution in [3.8, 4) is 0 Å². The molecule has 0 aliphatic heterocycles. The van der Waals surface area contributed by atoms with Gasteiger partial charge in [0.25, 0.3) is 0 Å². The Morgan fingerprint density at radius 2 is 2.00 bits per heavy atom. The molecule has 0 heterocycles. The van der Waals surface area contributed by atoms with Crippen molar-refractivity contribution in [1.29, 1.82) is 0 Å². The number of aliphatic hydroxyl groups is 1. The maximum Gasteiger partial charge on any atom is 0.332 e. The summed E-state index contributed by atoms with van der Waals surface area (Å²) in [5.74, 6) is -0.562. The fraction of sp³-hybridized carbons (Fsp3) is 0.700. The zero-order chi connectivity index (χ0) is 11.7. The van der Waals surface area contributed by atoms with Crippen molar-refractivity contribution in [2.24, 2.45) is 5.73 Å². The van der Waals surface area contributed by atoms with Crippen LogP contribution >= 0.6 is 0 Å². The molecule has 0 saturated heterocycles. The Bertz CT molecular complexity index is 215. The lowest BCUT2D eigenvalue weighted by Crippen LogP contribution is -2.22. The van der Waals surface area contributed by atoms with E-state index in [1.165, 1.54) is 0 Å². The van der Waals surface area contributed by atoms with Crippen molar-refractivity contribution < 1.29 is 19.4 Å². The van der Waals surface area contributed by atoms with E-state index in [2.05, 4.69) is 0 Å². The van der Waals surface area contributed by atoms with Crippen LogP contribution in [0.3, 0.4) is 0 Å². The Balaban J connectivity index is 3.98. The van der Waals surface area contributed by atoms with Crippen LogP contribution in [0.5, 0.6) is 0 Å². The van der Waals surface area contributed by atoms with Crippen molar-refractivity contribution in [2.75, 3.05) is 13.2 Å². The van der Waals surface area contributed by atoms with Gasteiger partial charge in [-0.15, -0.1) is 0 Å². The average Bonchev–Trinajstić information content (AvgIpc) is 2.22. The number of hydrogen-bond acceptors (Lipinski definition) is 5. The van der Waals surface area contributed by atoms with Gasteiger partial charge < -0.3 is 20.3 Å². The molecule has 0 aromatic carbocycles. The van der Waals surface area contributed by atoms with Gasteiger partial charge in [0.1, 0.15) is 0 Å². The Labute approximate surface area is 89.9 Å². The zero-order valence-corrected chi connectivity index (χ0v) is 9.23. The van der Waals surface area contributed by atoms with Crippen molar-refractivity contribution in [2.45, 2.75) is 33.0 Å². The van der Waals surface area contributed by atoms with Gasteiger partial charge in [0, 0.05) is 12.7 Å². The second-order valence-electron chi connectivity index (χ2n) is 3.03. The van der Waals surface area contributed by atoms with E-state index in [0.29, 0.717) is 13.2 Å². The van der Waals surface area contributed by atoms with E-state index >= 15 is 0 Å². The Morgan fingerprint density at radius 3 is 2.53 bits per heavy atom. The van der Waals surface area contributed by atoms with Crippen molar-refractivity contribution >= 4 is 5.97 Å². The van der Waals surface area contributed by atoms with Crippen LogP contribution in [0.2, 0.25) is 0 Å². The molecule has 1 atom stereocenters. The average molecular weight is 217 g/mol. The minimum Gasteiger partial charge on any atom is -0.462 e. The Kier molecular flexibility index (Phi) is 7.67. The summed E-state index contributed by atoms with van der Waals surface area (Å²) in [6.45, 7) is 4.52. The zero-order valence-electron chi connectivity index (χ0n) is 9.23. The summed E-state index contributed by atoms with van der Waals surface area (Å²) in [6.07, 6.45) is 1.31. The molecule has 3 N–H and O–H groups in total. The van der Waals surface area contributed by atoms with E-state index < -0.39 is 12.3 Å². The minimum atomic E-state index is -1.24. The summed E-state index contributed by atoms with van der Waals surface area (Å²) in [5, 5.41) is 9.30. The quantitative estimate of drug-likeness (QED) is 0.369. The SMILES string of the molecule is CCCOC(=O)/C=C(\N)C(O)OCCC. The molecule has 0 aromatic rings. The number of hydrogen-bond donors (Lipinski definition) is 2. The molecular weight excluding hydrogens is 198 g/mol. The summed E-state index contributed by atoms with van der Waals surface area (Å²) in [5.41, 5.74) is 5.38. The lowest BCUT2D eigenvalue weighted by atomic mass is 10.4. The normalized spacial score (nSPS) is 13.7. The largest absolute Gasteiger partial charge is 0.462 e. The van der Waals surface area contributed by atoms with E-state index in [4.69, 9.17) is 15.2 Å². The highest BCUT2D eigenvalue weighted by Crippen LogP contribution is 1.99. The van der Waals surface area contributed by atoms with Gasteiger partial charge >= 0.3 is 5.97 Å². The molecular formula is C10H19NO4. The number of ether oxygens (including phenoxy) is 2. The van der Waals surface area contributed by atoms with Crippen LogP contribution in [0, 0.1) is 0 Å². The molecule has 0 aromatic heterocycles. The fourth-order valence-corrected chi connectivity index (χ4v) is 0.777. The van der Waals surface area contributed by atoms with Crippen LogP contribution in [-0.2, 0) is 14.3 Å². The lowest BCUT2D eigenvalue weighted by molar-refractivity contribution is -0.138. The third-order valence-corrected chi connectivity index (χ3v) is 1.50. The van der Waals surface area contributed by atoms with Gasteiger partial charge in [-0.3, -0.25) is 0 Å². The van der Waals surface area contributed by atoms with Gasteiger partial charge in [-0.2, -0.15) is 0 Å². The molecule has 0 bridgehead atoms. The van der Waals surface area contributed by atoms with Crippen LogP contribution < -0.4 is 5.73 Å². The molecule has 0 spiro atoms. The molecule has 0 aliphatic carbocycles. The summed E-state index contributed by atoms with van der Waals surface area (Å²) in [4.78, 5) is 11.0. The molecule has 0 aliphatic rings. The highest BCUT2D eigenvalue weighted by atomic mass is 16.6. The van der Waals surface area contributed by atoms with Gasteiger partial charge in [-0.25, -0.2) is 4.79 Å². The number of aliphatic hydroxyl groups excluding tert-OH is 1. The highest BCUT2D eigenvalue weighted by molar-refractivity contribution is 5.82. The second-order valence-corrected chi connectivity index (χ2v) is 3.03. The molecule has 0 fully saturated rings. The molecule has 5 nitrogen and oxygen atoms in total. The van der Waals surface area contributed by atoms with E-state index in [-0.39, 0.29) is 5.70 Å². The van der Waals surface area contributed by atoms with Crippen molar-refractivity contribution in [1.82, 2.24) is 0 Å². The summed E-state index contributed by atoms with van der Waals surface area (Å²) >= 11 is 0. The maximum atomic E-state index is 11.0. The highest BCUT2D eigenvalue weighted by Gasteiger charge is 2.09. The van der Waals surface area contributed by atoms with Gasteiger partial charge in [0.05, 0.1) is 12.3 Å². The molecule has 0 radical (unpaired) electrons. The minimum absolute atomic E-state index is 0.0375. The van der Waals surface area contributed by atoms with E-state index in [9.17, 15) is 9.90 Å². The summed E-state index contributed by atoms with van der Waals surface area (Å²) in [7, 11) is 0. The van der Waals surface area contributed by atoms with Crippen molar-refractivity contribution in [3.63, 3.8) is 0 Å². The van der Waals surface area contributed by atoms with Gasteiger partial charge in [0.15, 0.2) is 6.29 Å². The van der Waals surface area contributed by atoms with Crippen LogP contribution in [-0.4, -0.2) is 30.6 Å². The molecule has 1 unspecified atom stereocenters. The number of carbonyl (C=O) groups is 1. The smallest absolute Gasteiger partial charge is 0.332 e. The number of nitrogens with two attached hydrogens (primary N) is 1. The van der Waals surface area contributed by atoms with Crippen LogP contribution in [0.15, 0.2) is 11.8 Å². The molecule has 5 heteroatoms.